The van der Waals surface area contributed by atoms with Gasteiger partial charge in [0, 0.05) is 21.9 Å². The SMILES string of the molecule is Brc1ccsc1CNC1CCCCC1. The number of hydrogen-bond acceptors (Lipinski definition) is 2. The summed E-state index contributed by atoms with van der Waals surface area (Å²) in [6.45, 7) is 1.03. The van der Waals surface area contributed by atoms with E-state index in [4.69, 9.17) is 0 Å². The molecule has 0 atom stereocenters. The molecule has 0 bridgehead atoms. The van der Waals surface area contributed by atoms with E-state index in [0.29, 0.717) is 0 Å². The molecule has 0 aliphatic heterocycles. The molecule has 3 heteroatoms. The highest BCUT2D eigenvalue weighted by atomic mass is 79.9. The largest absolute Gasteiger partial charge is 0.309 e. The van der Waals surface area contributed by atoms with Crippen molar-refractivity contribution in [2.45, 2.75) is 44.7 Å². The molecule has 2 rings (SSSR count). The molecule has 0 amide bonds. The fourth-order valence-corrected chi connectivity index (χ4v) is 3.44. The Bertz CT molecular complexity index is 279. The second-order valence-electron chi connectivity index (χ2n) is 3.91. The minimum absolute atomic E-state index is 0.762. The Hall–Kier alpha value is 0.140. The molecular formula is C11H16BrNS. The van der Waals surface area contributed by atoms with Crippen LogP contribution in [0.25, 0.3) is 0 Å². The Balaban J connectivity index is 1.79. The summed E-state index contributed by atoms with van der Waals surface area (Å²) in [5, 5.41) is 5.79. The van der Waals surface area contributed by atoms with Crippen molar-refractivity contribution >= 4 is 27.3 Å². The van der Waals surface area contributed by atoms with Gasteiger partial charge >= 0.3 is 0 Å². The number of hydrogen-bond donors (Lipinski definition) is 1. The molecule has 1 aromatic heterocycles. The second-order valence-corrected chi connectivity index (χ2v) is 5.76. The highest BCUT2D eigenvalue weighted by Crippen LogP contribution is 2.23. The molecule has 1 N–H and O–H groups in total. The Morgan fingerprint density at radius 1 is 1.36 bits per heavy atom. The molecule has 1 heterocycles. The molecule has 1 saturated carbocycles. The molecular weight excluding hydrogens is 258 g/mol. The van der Waals surface area contributed by atoms with Crippen molar-refractivity contribution < 1.29 is 0 Å². The first-order valence-corrected chi connectivity index (χ1v) is 6.99. The summed E-state index contributed by atoms with van der Waals surface area (Å²) in [5.74, 6) is 0. The summed E-state index contributed by atoms with van der Waals surface area (Å²) in [5.41, 5.74) is 0. The van der Waals surface area contributed by atoms with Crippen LogP contribution in [0, 0.1) is 0 Å². The van der Waals surface area contributed by atoms with E-state index in [2.05, 4.69) is 32.7 Å². The van der Waals surface area contributed by atoms with Crippen molar-refractivity contribution in [3.05, 3.63) is 20.8 Å². The Labute approximate surface area is 98.0 Å². The van der Waals surface area contributed by atoms with Crippen LogP contribution in [0.3, 0.4) is 0 Å². The van der Waals surface area contributed by atoms with Crippen LogP contribution in [0.1, 0.15) is 37.0 Å². The average Bonchev–Trinajstić information content (AvgIpc) is 2.63. The number of thiophene rings is 1. The van der Waals surface area contributed by atoms with Gasteiger partial charge in [0.05, 0.1) is 0 Å². The standard InChI is InChI=1S/C11H16BrNS/c12-10-6-7-14-11(10)8-13-9-4-2-1-3-5-9/h6-7,9,13H,1-5,8H2. The quantitative estimate of drug-likeness (QED) is 0.880. The van der Waals surface area contributed by atoms with E-state index in [1.165, 1.54) is 41.5 Å². The fourth-order valence-electron chi connectivity index (χ4n) is 1.99. The summed E-state index contributed by atoms with van der Waals surface area (Å²) in [7, 11) is 0. The molecule has 0 spiro atoms. The van der Waals surface area contributed by atoms with Crippen LogP contribution in [0.5, 0.6) is 0 Å². The van der Waals surface area contributed by atoms with Crippen LogP contribution < -0.4 is 5.32 Å². The van der Waals surface area contributed by atoms with Gasteiger partial charge in [-0.05, 0) is 40.2 Å². The van der Waals surface area contributed by atoms with Crippen molar-refractivity contribution in [1.82, 2.24) is 5.32 Å². The van der Waals surface area contributed by atoms with Crippen LogP contribution in [0.2, 0.25) is 0 Å². The van der Waals surface area contributed by atoms with E-state index in [0.717, 1.165) is 12.6 Å². The molecule has 0 saturated heterocycles. The molecule has 1 aliphatic carbocycles. The summed E-state index contributed by atoms with van der Waals surface area (Å²) in [4.78, 5) is 1.43. The lowest BCUT2D eigenvalue weighted by molar-refractivity contribution is 0.373. The zero-order valence-electron chi connectivity index (χ0n) is 8.26. The maximum absolute atomic E-state index is 3.65. The minimum atomic E-state index is 0.762. The number of halogens is 1. The Kier molecular flexibility index (Phi) is 4.02. The van der Waals surface area contributed by atoms with Crippen molar-refractivity contribution in [2.24, 2.45) is 0 Å². The molecule has 78 valence electrons. The van der Waals surface area contributed by atoms with E-state index in [1.807, 2.05) is 11.3 Å². The van der Waals surface area contributed by atoms with Crippen LogP contribution in [-0.2, 0) is 6.54 Å². The van der Waals surface area contributed by atoms with Gasteiger partial charge in [0.1, 0.15) is 0 Å². The van der Waals surface area contributed by atoms with Gasteiger partial charge in [0.2, 0.25) is 0 Å². The van der Waals surface area contributed by atoms with E-state index < -0.39 is 0 Å². The first-order chi connectivity index (χ1) is 6.86. The molecule has 0 unspecified atom stereocenters. The van der Waals surface area contributed by atoms with Crippen LogP contribution >= 0.6 is 27.3 Å². The van der Waals surface area contributed by atoms with E-state index in [9.17, 15) is 0 Å². The molecule has 0 radical (unpaired) electrons. The van der Waals surface area contributed by atoms with Crippen molar-refractivity contribution in [2.75, 3.05) is 0 Å². The average molecular weight is 274 g/mol. The summed E-state index contributed by atoms with van der Waals surface area (Å²) >= 11 is 5.39. The van der Waals surface area contributed by atoms with Gasteiger partial charge in [0.25, 0.3) is 0 Å². The van der Waals surface area contributed by atoms with Gasteiger partial charge in [-0.25, -0.2) is 0 Å². The lowest BCUT2D eigenvalue weighted by atomic mass is 9.95. The predicted molar refractivity (Wildman–Crippen MR) is 65.7 cm³/mol. The summed E-state index contributed by atoms with van der Waals surface area (Å²) in [6, 6.07) is 2.89. The molecule has 1 aromatic rings. The number of nitrogens with one attached hydrogen (secondary N) is 1. The minimum Gasteiger partial charge on any atom is -0.309 e. The lowest BCUT2D eigenvalue weighted by Gasteiger charge is -2.22. The second kappa shape index (κ2) is 5.29. The first kappa shape index (κ1) is 10.7. The van der Waals surface area contributed by atoms with E-state index in [-0.39, 0.29) is 0 Å². The molecule has 14 heavy (non-hydrogen) atoms. The van der Waals surface area contributed by atoms with Gasteiger partial charge in [0.15, 0.2) is 0 Å². The zero-order valence-corrected chi connectivity index (χ0v) is 10.7. The first-order valence-electron chi connectivity index (χ1n) is 5.31. The van der Waals surface area contributed by atoms with Crippen LogP contribution in [0.4, 0.5) is 0 Å². The molecule has 1 nitrogen and oxygen atoms in total. The van der Waals surface area contributed by atoms with E-state index in [1.54, 1.807) is 0 Å². The lowest BCUT2D eigenvalue weighted by Crippen LogP contribution is -2.30. The third-order valence-corrected chi connectivity index (χ3v) is 4.77. The highest BCUT2D eigenvalue weighted by Gasteiger charge is 2.12. The zero-order chi connectivity index (χ0) is 9.80. The topological polar surface area (TPSA) is 12.0 Å². The van der Waals surface area contributed by atoms with Gasteiger partial charge < -0.3 is 5.32 Å². The van der Waals surface area contributed by atoms with E-state index >= 15 is 0 Å². The van der Waals surface area contributed by atoms with Crippen molar-refractivity contribution in [3.8, 4) is 0 Å². The van der Waals surface area contributed by atoms with Gasteiger partial charge in [-0.1, -0.05) is 19.3 Å². The van der Waals surface area contributed by atoms with Crippen LogP contribution in [0.15, 0.2) is 15.9 Å². The molecule has 1 fully saturated rings. The number of rotatable bonds is 3. The monoisotopic (exact) mass is 273 g/mol. The van der Waals surface area contributed by atoms with Crippen molar-refractivity contribution in [3.63, 3.8) is 0 Å². The fraction of sp³-hybridized carbons (Fsp3) is 0.636. The van der Waals surface area contributed by atoms with Crippen molar-refractivity contribution in [1.29, 1.82) is 0 Å². The normalized spacial score (nSPS) is 18.6. The van der Waals surface area contributed by atoms with Crippen LogP contribution in [-0.4, -0.2) is 6.04 Å². The summed E-state index contributed by atoms with van der Waals surface area (Å²) in [6.07, 6.45) is 6.97. The third kappa shape index (κ3) is 2.81. The summed E-state index contributed by atoms with van der Waals surface area (Å²) < 4.78 is 1.26. The Morgan fingerprint density at radius 2 is 2.14 bits per heavy atom. The highest BCUT2D eigenvalue weighted by molar-refractivity contribution is 9.10. The maximum atomic E-state index is 3.65. The predicted octanol–water partition coefficient (Wildman–Crippen LogP) is 3.93. The Morgan fingerprint density at radius 3 is 2.79 bits per heavy atom. The maximum Gasteiger partial charge on any atom is 0.0327 e. The smallest absolute Gasteiger partial charge is 0.0327 e. The van der Waals surface area contributed by atoms with Gasteiger partial charge in [-0.15, -0.1) is 11.3 Å². The molecule has 1 aliphatic rings. The van der Waals surface area contributed by atoms with Gasteiger partial charge in [-0.3, -0.25) is 0 Å². The van der Waals surface area contributed by atoms with Gasteiger partial charge in [-0.2, -0.15) is 0 Å². The third-order valence-electron chi connectivity index (χ3n) is 2.85. The molecule has 0 aromatic carbocycles.